The molecule has 0 aliphatic rings. The van der Waals surface area contributed by atoms with Crippen LogP contribution in [0.3, 0.4) is 0 Å². The van der Waals surface area contributed by atoms with Crippen LogP contribution in [-0.4, -0.2) is 15.0 Å². The van der Waals surface area contributed by atoms with Gasteiger partial charge in [0, 0.05) is 11.6 Å². The Kier molecular flexibility index (Phi) is 5.17. The molecule has 0 spiro atoms. The van der Waals surface area contributed by atoms with Gasteiger partial charge in [-0.25, -0.2) is 13.1 Å². The lowest BCUT2D eigenvalue weighted by molar-refractivity contribution is 0.585. The number of nitrogens with one attached hydrogen (secondary N) is 1. The fraction of sp³-hybridized carbons (Fsp3) is 0.125. The molecule has 110 valence electrons. The zero-order chi connectivity index (χ0) is 15.3. The maximum Gasteiger partial charge on any atom is 0.240 e. The highest BCUT2D eigenvalue weighted by Crippen LogP contribution is 2.11. The molecule has 0 bridgehead atoms. The second kappa shape index (κ2) is 6.89. The summed E-state index contributed by atoms with van der Waals surface area (Å²) in [5.41, 5.74) is 1.99. The molecule has 0 radical (unpaired) electrons. The summed E-state index contributed by atoms with van der Waals surface area (Å²) in [7, 11) is -3.46. The van der Waals surface area contributed by atoms with Crippen LogP contribution in [0.1, 0.15) is 11.1 Å². The highest BCUT2D eigenvalue weighted by Gasteiger charge is 2.11. The quantitative estimate of drug-likeness (QED) is 0.914. The van der Waals surface area contributed by atoms with Crippen molar-refractivity contribution in [3.8, 4) is 0 Å². The first kappa shape index (κ1) is 15.8. The summed E-state index contributed by atoms with van der Waals surface area (Å²) in [5.74, 6) is 0. The maximum absolute atomic E-state index is 12.0. The Morgan fingerprint density at radius 2 is 1.67 bits per heavy atom. The van der Waals surface area contributed by atoms with Gasteiger partial charge in [0.1, 0.15) is 0 Å². The minimum absolute atomic E-state index is 0.235. The molecular formula is C16H16ClNO2S. The topological polar surface area (TPSA) is 46.2 Å². The standard InChI is InChI=1S/C16H16ClNO2S/c1-13-4-10-16(11-5-13)21(19,20)18-12-2-3-14-6-8-15(17)9-7-14/h2-11,18H,12H2,1H3/b3-2+. The molecule has 0 saturated heterocycles. The van der Waals surface area contributed by atoms with E-state index in [9.17, 15) is 8.42 Å². The smallest absolute Gasteiger partial charge is 0.207 e. The number of halogens is 1. The highest BCUT2D eigenvalue weighted by molar-refractivity contribution is 7.89. The average molecular weight is 322 g/mol. The van der Waals surface area contributed by atoms with Crippen molar-refractivity contribution in [1.29, 1.82) is 0 Å². The van der Waals surface area contributed by atoms with Crippen molar-refractivity contribution < 1.29 is 8.42 Å². The lowest BCUT2D eigenvalue weighted by Gasteiger charge is -2.04. The van der Waals surface area contributed by atoms with E-state index in [0.717, 1.165) is 11.1 Å². The van der Waals surface area contributed by atoms with Gasteiger partial charge in [0.15, 0.2) is 0 Å². The molecule has 1 N–H and O–H groups in total. The minimum Gasteiger partial charge on any atom is -0.207 e. The van der Waals surface area contributed by atoms with E-state index in [2.05, 4.69) is 4.72 Å². The van der Waals surface area contributed by atoms with E-state index in [-0.39, 0.29) is 11.4 Å². The van der Waals surface area contributed by atoms with Gasteiger partial charge in [-0.05, 0) is 36.8 Å². The summed E-state index contributed by atoms with van der Waals surface area (Å²) < 4.78 is 26.6. The maximum atomic E-state index is 12.0. The van der Waals surface area contributed by atoms with Gasteiger partial charge in [-0.3, -0.25) is 0 Å². The summed E-state index contributed by atoms with van der Waals surface area (Å²) >= 11 is 5.80. The van der Waals surface area contributed by atoms with E-state index in [1.165, 1.54) is 0 Å². The van der Waals surface area contributed by atoms with Crippen molar-refractivity contribution >= 4 is 27.7 Å². The molecule has 0 aliphatic carbocycles. The molecule has 0 amide bonds. The Morgan fingerprint density at radius 3 is 2.29 bits per heavy atom. The highest BCUT2D eigenvalue weighted by atomic mass is 35.5. The van der Waals surface area contributed by atoms with Gasteiger partial charge in [0.25, 0.3) is 0 Å². The molecule has 2 aromatic rings. The Labute approximate surface area is 130 Å². The zero-order valence-corrected chi connectivity index (χ0v) is 13.2. The predicted molar refractivity (Wildman–Crippen MR) is 86.9 cm³/mol. The van der Waals surface area contributed by atoms with Gasteiger partial charge in [0.2, 0.25) is 10.0 Å². The number of benzene rings is 2. The number of sulfonamides is 1. The van der Waals surface area contributed by atoms with Crippen LogP contribution < -0.4 is 4.72 Å². The molecule has 0 fully saturated rings. The van der Waals surface area contributed by atoms with E-state index in [4.69, 9.17) is 11.6 Å². The Balaban J connectivity index is 1.96. The predicted octanol–water partition coefficient (Wildman–Crippen LogP) is 3.64. The van der Waals surface area contributed by atoms with E-state index >= 15 is 0 Å². The minimum atomic E-state index is -3.46. The molecule has 0 aliphatic heterocycles. The molecule has 2 aromatic carbocycles. The van der Waals surface area contributed by atoms with Gasteiger partial charge >= 0.3 is 0 Å². The molecule has 0 saturated carbocycles. The van der Waals surface area contributed by atoms with Crippen molar-refractivity contribution in [2.75, 3.05) is 6.54 Å². The fourth-order valence-corrected chi connectivity index (χ4v) is 2.83. The van der Waals surface area contributed by atoms with Crippen LogP contribution in [0.15, 0.2) is 59.5 Å². The normalized spacial score (nSPS) is 11.9. The number of aryl methyl sites for hydroxylation is 1. The van der Waals surface area contributed by atoms with E-state index in [1.807, 2.05) is 25.1 Å². The summed E-state index contributed by atoms with van der Waals surface area (Å²) in [4.78, 5) is 0.271. The number of hydrogen-bond acceptors (Lipinski definition) is 2. The van der Waals surface area contributed by atoms with E-state index < -0.39 is 10.0 Å². The van der Waals surface area contributed by atoms with Crippen molar-refractivity contribution in [3.63, 3.8) is 0 Å². The Morgan fingerprint density at radius 1 is 1.05 bits per heavy atom. The average Bonchev–Trinajstić information content (AvgIpc) is 2.46. The second-order valence-corrected chi connectivity index (χ2v) is 6.82. The SMILES string of the molecule is Cc1ccc(S(=O)(=O)NC/C=C/c2ccc(Cl)cc2)cc1. The molecule has 0 unspecified atom stereocenters. The summed E-state index contributed by atoms with van der Waals surface area (Å²) in [5, 5.41) is 0.673. The first-order valence-corrected chi connectivity index (χ1v) is 8.32. The second-order valence-electron chi connectivity index (χ2n) is 4.62. The molecule has 0 atom stereocenters. The van der Waals surface area contributed by atoms with Crippen molar-refractivity contribution in [2.24, 2.45) is 0 Å². The van der Waals surface area contributed by atoms with Crippen LogP contribution in [0.4, 0.5) is 0 Å². The monoisotopic (exact) mass is 321 g/mol. The Bertz CT molecular complexity index is 720. The van der Waals surface area contributed by atoms with E-state index in [0.29, 0.717) is 5.02 Å². The molecular weight excluding hydrogens is 306 g/mol. The van der Waals surface area contributed by atoms with Gasteiger partial charge in [0.05, 0.1) is 4.90 Å². The van der Waals surface area contributed by atoms with Crippen LogP contribution in [0.2, 0.25) is 5.02 Å². The fourth-order valence-electron chi connectivity index (χ4n) is 1.73. The first-order valence-electron chi connectivity index (χ1n) is 6.46. The largest absolute Gasteiger partial charge is 0.240 e. The zero-order valence-electron chi connectivity index (χ0n) is 11.6. The summed E-state index contributed by atoms with van der Waals surface area (Å²) in [6.45, 7) is 2.15. The third-order valence-corrected chi connectivity index (χ3v) is 4.59. The van der Waals surface area contributed by atoms with Crippen LogP contribution in [0.25, 0.3) is 6.08 Å². The third kappa shape index (κ3) is 4.70. The van der Waals surface area contributed by atoms with Crippen LogP contribution in [-0.2, 0) is 10.0 Å². The molecule has 0 aromatic heterocycles. The molecule has 3 nitrogen and oxygen atoms in total. The number of rotatable bonds is 5. The lowest BCUT2D eigenvalue weighted by atomic mass is 10.2. The lowest BCUT2D eigenvalue weighted by Crippen LogP contribution is -2.23. The number of hydrogen-bond donors (Lipinski definition) is 1. The molecule has 21 heavy (non-hydrogen) atoms. The van der Waals surface area contributed by atoms with E-state index in [1.54, 1.807) is 42.5 Å². The van der Waals surface area contributed by atoms with Crippen molar-refractivity contribution in [1.82, 2.24) is 4.72 Å². The molecule has 5 heteroatoms. The molecule has 0 heterocycles. The first-order chi connectivity index (χ1) is 9.97. The Hall–Kier alpha value is -1.62. The third-order valence-electron chi connectivity index (χ3n) is 2.90. The van der Waals surface area contributed by atoms with Crippen LogP contribution in [0, 0.1) is 6.92 Å². The molecule has 2 rings (SSSR count). The van der Waals surface area contributed by atoms with Crippen molar-refractivity contribution in [3.05, 3.63) is 70.8 Å². The van der Waals surface area contributed by atoms with Crippen molar-refractivity contribution in [2.45, 2.75) is 11.8 Å². The van der Waals surface area contributed by atoms with Gasteiger partial charge in [-0.1, -0.05) is 53.6 Å². The van der Waals surface area contributed by atoms with Gasteiger partial charge < -0.3 is 0 Å². The van der Waals surface area contributed by atoms with Crippen LogP contribution >= 0.6 is 11.6 Å². The van der Waals surface area contributed by atoms with Gasteiger partial charge in [-0.2, -0.15) is 0 Å². The van der Waals surface area contributed by atoms with Gasteiger partial charge in [-0.15, -0.1) is 0 Å². The summed E-state index contributed by atoms with van der Waals surface area (Å²) in [6.07, 6.45) is 3.60. The summed E-state index contributed by atoms with van der Waals surface area (Å²) in [6, 6.07) is 14.1. The van der Waals surface area contributed by atoms with Crippen LogP contribution in [0.5, 0.6) is 0 Å².